The van der Waals surface area contributed by atoms with Crippen molar-refractivity contribution in [2.75, 3.05) is 13.1 Å². The standard InChI is InChI=1S/C14H16FNO/c1-10-4-3-7-16(9-10)14(17)13-6-5-12(15)8-11(13)2/h4-6,8H,3,7,9H2,1-2H3. The van der Waals surface area contributed by atoms with Gasteiger partial charge in [-0.15, -0.1) is 0 Å². The minimum atomic E-state index is -0.297. The number of carbonyl (C=O) groups excluding carboxylic acids is 1. The average molecular weight is 233 g/mol. The molecule has 1 aromatic rings. The zero-order valence-electron chi connectivity index (χ0n) is 10.2. The average Bonchev–Trinajstić information content (AvgIpc) is 2.28. The summed E-state index contributed by atoms with van der Waals surface area (Å²) in [6.07, 6.45) is 3.05. The van der Waals surface area contributed by atoms with E-state index < -0.39 is 0 Å². The van der Waals surface area contributed by atoms with Crippen LogP contribution in [0.4, 0.5) is 4.39 Å². The second-order valence-corrected chi connectivity index (χ2v) is 4.53. The van der Waals surface area contributed by atoms with Gasteiger partial charge in [0.25, 0.3) is 5.91 Å². The molecular formula is C14H16FNO. The van der Waals surface area contributed by atoms with Crippen LogP contribution < -0.4 is 0 Å². The molecule has 3 heteroatoms. The van der Waals surface area contributed by atoms with Crippen molar-refractivity contribution < 1.29 is 9.18 Å². The Hall–Kier alpha value is -1.64. The highest BCUT2D eigenvalue weighted by atomic mass is 19.1. The zero-order chi connectivity index (χ0) is 12.4. The van der Waals surface area contributed by atoms with Gasteiger partial charge in [0, 0.05) is 18.7 Å². The van der Waals surface area contributed by atoms with E-state index in [0.717, 1.165) is 13.0 Å². The summed E-state index contributed by atoms with van der Waals surface area (Å²) < 4.78 is 13.0. The van der Waals surface area contributed by atoms with Crippen LogP contribution in [0.1, 0.15) is 29.3 Å². The molecule has 0 radical (unpaired) electrons. The first-order valence-corrected chi connectivity index (χ1v) is 5.79. The second-order valence-electron chi connectivity index (χ2n) is 4.53. The SMILES string of the molecule is CC1=CCCN(C(=O)c2ccc(F)cc2C)C1. The molecule has 0 bridgehead atoms. The fraction of sp³-hybridized carbons (Fsp3) is 0.357. The molecule has 1 amide bonds. The normalized spacial score (nSPS) is 15.7. The molecule has 0 saturated heterocycles. The van der Waals surface area contributed by atoms with Gasteiger partial charge in [0.1, 0.15) is 5.82 Å². The van der Waals surface area contributed by atoms with Gasteiger partial charge in [0.2, 0.25) is 0 Å². The van der Waals surface area contributed by atoms with E-state index in [1.165, 1.54) is 17.7 Å². The number of nitrogens with zero attached hydrogens (tertiary/aromatic N) is 1. The number of aryl methyl sites for hydroxylation is 1. The lowest BCUT2D eigenvalue weighted by Gasteiger charge is -2.26. The van der Waals surface area contributed by atoms with Crippen LogP contribution in [0.3, 0.4) is 0 Å². The van der Waals surface area contributed by atoms with Gasteiger partial charge >= 0.3 is 0 Å². The van der Waals surface area contributed by atoms with Crippen molar-refractivity contribution >= 4 is 5.91 Å². The van der Waals surface area contributed by atoms with E-state index in [4.69, 9.17) is 0 Å². The van der Waals surface area contributed by atoms with Crippen molar-refractivity contribution in [1.29, 1.82) is 0 Å². The van der Waals surface area contributed by atoms with Crippen molar-refractivity contribution in [3.8, 4) is 0 Å². The molecule has 2 rings (SSSR count). The number of carbonyl (C=O) groups is 1. The first-order chi connectivity index (χ1) is 8.08. The molecule has 0 spiro atoms. The van der Waals surface area contributed by atoms with Crippen molar-refractivity contribution in [3.63, 3.8) is 0 Å². The molecule has 1 aromatic carbocycles. The second kappa shape index (κ2) is 4.70. The van der Waals surface area contributed by atoms with Gasteiger partial charge in [-0.2, -0.15) is 0 Å². The number of halogens is 1. The third-order valence-electron chi connectivity index (χ3n) is 3.04. The van der Waals surface area contributed by atoms with Gasteiger partial charge in [0.15, 0.2) is 0 Å². The molecule has 0 atom stereocenters. The maximum Gasteiger partial charge on any atom is 0.254 e. The highest BCUT2D eigenvalue weighted by molar-refractivity contribution is 5.95. The molecule has 17 heavy (non-hydrogen) atoms. The quantitative estimate of drug-likeness (QED) is 0.683. The van der Waals surface area contributed by atoms with Gasteiger partial charge in [0.05, 0.1) is 0 Å². The predicted octanol–water partition coefficient (Wildman–Crippen LogP) is 2.93. The molecule has 90 valence electrons. The molecular weight excluding hydrogens is 217 g/mol. The highest BCUT2D eigenvalue weighted by Crippen LogP contribution is 2.16. The van der Waals surface area contributed by atoms with Crippen LogP contribution >= 0.6 is 0 Å². The molecule has 0 saturated carbocycles. The van der Waals surface area contributed by atoms with Crippen molar-refractivity contribution in [3.05, 3.63) is 46.8 Å². The molecule has 0 fully saturated rings. The third kappa shape index (κ3) is 2.54. The first-order valence-electron chi connectivity index (χ1n) is 5.79. The van der Waals surface area contributed by atoms with Gasteiger partial charge in [-0.1, -0.05) is 11.6 Å². The molecule has 0 N–H and O–H groups in total. The van der Waals surface area contributed by atoms with E-state index in [-0.39, 0.29) is 11.7 Å². The summed E-state index contributed by atoms with van der Waals surface area (Å²) in [6.45, 7) is 5.21. The Kier molecular flexibility index (Phi) is 3.27. The molecule has 1 aliphatic heterocycles. The first kappa shape index (κ1) is 11.8. The number of benzene rings is 1. The Morgan fingerprint density at radius 2 is 2.12 bits per heavy atom. The number of hydrogen-bond donors (Lipinski definition) is 0. The van der Waals surface area contributed by atoms with Crippen LogP contribution in [0.5, 0.6) is 0 Å². The van der Waals surface area contributed by atoms with E-state index in [9.17, 15) is 9.18 Å². The predicted molar refractivity (Wildman–Crippen MR) is 65.4 cm³/mol. The molecule has 0 unspecified atom stereocenters. The molecule has 0 aliphatic carbocycles. The highest BCUT2D eigenvalue weighted by Gasteiger charge is 2.19. The van der Waals surface area contributed by atoms with E-state index in [1.807, 2.05) is 11.8 Å². The summed E-state index contributed by atoms with van der Waals surface area (Å²) in [4.78, 5) is 14.1. The number of rotatable bonds is 1. The lowest BCUT2D eigenvalue weighted by atomic mass is 10.1. The van der Waals surface area contributed by atoms with Crippen molar-refractivity contribution in [2.24, 2.45) is 0 Å². The maximum absolute atomic E-state index is 13.0. The monoisotopic (exact) mass is 233 g/mol. The Labute approximate surface area is 101 Å². The van der Waals surface area contributed by atoms with Crippen LogP contribution in [-0.2, 0) is 0 Å². The molecule has 0 aromatic heterocycles. The zero-order valence-corrected chi connectivity index (χ0v) is 10.2. The summed E-state index contributed by atoms with van der Waals surface area (Å²) in [5, 5.41) is 0. The topological polar surface area (TPSA) is 20.3 Å². The van der Waals surface area contributed by atoms with Gasteiger partial charge in [-0.3, -0.25) is 4.79 Å². The van der Waals surface area contributed by atoms with Gasteiger partial charge in [-0.25, -0.2) is 4.39 Å². The smallest absolute Gasteiger partial charge is 0.254 e. The molecule has 1 aliphatic rings. The summed E-state index contributed by atoms with van der Waals surface area (Å²) in [7, 11) is 0. The summed E-state index contributed by atoms with van der Waals surface area (Å²) in [6, 6.07) is 4.31. The van der Waals surface area contributed by atoms with Crippen LogP contribution in [0, 0.1) is 12.7 Å². The van der Waals surface area contributed by atoms with E-state index in [0.29, 0.717) is 17.7 Å². The third-order valence-corrected chi connectivity index (χ3v) is 3.04. The Morgan fingerprint density at radius 3 is 2.76 bits per heavy atom. The minimum absolute atomic E-state index is 0.00468. The van der Waals surface area contributed by atoms with E-state index in [1.54, 1.807) is 13.0 Å². The number of amides is 1. The minimum Gasteiger partial charge on any atom is -0.334 e. The maximum atomic E-state index is 13.0. The van der Waals surface area contributed by atoms with Crippen molar-refractivity contribution in [1.82, 2.24) is 4.90 Å². The summed E-state index contributed by atoms with van der Waals surface area (Å²) >= 11 is 0. The Bertz CT molecular complexity index is 479. The van der Waals surface area contributed by atoms with Gasteiger partial charge in [-0.05, 0) is 44.0 Å². The van der Waals surface area contributed by atoms with Crippen LogP contribution in [-0.4, -0.2) is 23.9 Å². The molecule has 2 nitrogen and oxygen atoms in total. The lowest BCUT2D eigenvalue weighted by Crippen LogP contribution is -2.35. The number of hydrogen-bond acceptors (Lipinski definition) is 1. The van der Waals surface area contributed by atoms with Crippen LogP contribution in [0.2, 0.25) is 0 Å². The van der Waals surface area contributed by atoms with Crippen LogP contribution in [0.25, 0.3) is 0 Å². The lowest BCUT2D eigenvalue weighted by molar-refractivity contribution is 0.0765. The fourth-order valence-corrected chi connectivity index (χ4v) is 2.12. The Balaban J connectivity index is 2.22. The van der Waals surface area contributed by atoms with Gasteiger partial charge < -0.3 is 4.90 Å². The molecule has 1 heterocycles. The summed E-state index contributed by atoms with van der Waals surface area (Å²) in [5.41, 5.74) is 2.51. The Morgan fingerprint density at radius 1 is 1.35 bits per heavy atom. The van der Waals surface area contributed by atoms with E-state index >= 15 is 0 Å². The van der Waals surface area contributed by atoms with Crippen LogP contribution in [0.15, 0.2) is 29.8 Å². The summed E-state index contributed by atoms with van der Waals surface area (Å²) in [5.74, 6) is -0.302. The van der Waals surface area contributed by atoms with E-state index in [2.05, 4.69) is 6.08 Å². The fourth-order valence-electron chi connectivity index (χ4n) is 2.12. The van der Waals surface area contributed by atoms with Crippen molar-refractivity contribution in [2.45, 2.75) is 20.3 Å². The largest absolute Gasteiger partial charge is 0.334 e.